The van der Waals surface area contributed by atoms with Crippen LogP contribution in [0.2, 0.25) is 0 Å². The second-order valence-electron chi connectivity index (χ2n) is 6.88. The van der Waals surface area contributed by atoms with Crippen LogP contribution in [-0.4, -0.2) is 80.9 Å². The van der Waals surface area contributed by atoms with Gasteiger partial charge in [-0.2, -0.15) is 0 Å². The first kappa shape index (κ1) is 23.4. The molecule has 1 heterocycles. The van der Waals surface area contributed by atoms with Gasteiger partial charge in [-0.15, -0.1) is 0 Å². The first-order chi connectivity index (χ1) is 12.4. The number of aliphatic hydroxyl groups excluding tert-OH is 3. The molecule has 27 heavy (non-hydrogen) atoms. The van der Waals surface area contributed by atoms with Crippen LogP contribution < -0.4 is 11.5 Å². The van der Waals surface area contributed by atoms with Crippen LogP contribution in [0, 0.1) is 5.92 Å². The van der Waals surface area contributed by atoms with E-state index in [0.717, 1.165) is 6.92 Å². The van der Waals surface area contributed by atoms with E-state index in [1.807, 2.05) is 0 Å². The fraction of sp³-hybridized carbons (Fsp3) is 0.812. The van der Waals surface area contributed by atoms with Gasteiger partial charge >= 0.3 is 5.97 Å². The van der Waals surface area contributed by atoms with Gasteiger partial charge in [0, 0.05) is 25.7 Å². The van der Waals surface area contributed by atoms with Gasteiger partial charge in [0.2, 0.25) is 11.7 Å². The predicted molar refractivity (Wildman–Crippen MR) is 89.7 cm³/mol. The summed E-state index contributed by atoms with van der Waals surface area (Å²) in [5.74, 6) is -5.57. The van der Waals surface area contributed by atoms with Gasteiger partial charge < -0.3 is 41.4 Å². The zero-order valence-electron chi connectivity index (χ0n) is 15.3. The van der Waals surface area contributed by atoms with Crippen molar-refractivity contribution in [3.05, 3.63) is 0 Å². The third kappa shape index (κ3) is 6.48. The van der Waals surface area contributed by atoms with Crippen molar-refractivity contribution in [1.29, 1.82) is 0 Å². The molecule has 0 aromatic rings. The van der Waals surface area contributed by atoms with Crippen molar-refractivity contribution in [3.63, 3.8) is 0 Å². The molecule has 8 N–H and O–H groups in total. The standard InChI is InChI=1S/C16H28N2O9/c1-7(19)14-11(22)5-16(25,8(2)20)27-12(14)3-9(21)6-26-15(24)10(17)4-13(18)23/h7,9-12,14,19,21-22,25H,3-6,17H2,1-2H3,(H2,18,23)/t7?,9-,10+,11?,12?,14?,16?/m0/s1. The third-order valence-corrected chi connectivity index (χ3v) is 4.46. The number of aliphatic hydroxyl groups is 4. The molecule has 0 aliphatic carbocycles. The van der Waals surface area contributed by atoms with E-state index < -0.39 is 79.3 Å². The number of hydrogen-bond donors (Lipinski definition) is 6. The van der Waals surface area contributed by atoms with Crippen molar-refractivity contribution in [2.45, 2.75) is 69.4 Å². The van der Waals surface area contributed by atoms with Crippen LogP contribution in [0.4, 0.5) is 0 Å². The van der Waals surface area contributed by atoms with Gasteiger partial charge in [0.15, 0.2) is 5.78 Å². The van der Waals surface area contributed by atoms with Crippen LogP contribution in [0.1, 0.15) is 33.1 Å². The molecule has 0 aromatic carbocycles. The molecule has 1 rings (SSSR count). The Balaban J connectivity index is 2.72. The maximum absolute atomic E-state index is 11.6. The minimum Gasteiger partial charge on any atom is -0.462 e. The van der Waals surface area contributed by atoms with Crippen molar-refractivity contribution in [2.75, 3.05) is 6.61 Å². The molecule has 156 valence electrons. The number of ketones is 1. The van der Waals surface area contributed by atoms with Crippen molar-refractivity contribution in [3.8, 4) is 0 Å². The number of carbonyl (C=O) groups is 3. The van der Waals surface area contributed by atoms with Crippen molar-refractivity contribution < 1.29 is 44.3 Å². The number of primary amides is 1. The van der Waals surface area contributed by atoms with Crippen LogP contribution in [0.5, 0.6) is 0 Å². The van der Waals surface area contributed by atoms with Gasteiger partial charge in [-0.25, -0.2) is 0 Å². The number of carbonyl (C=O) groups excluding carboxylic acids is 3. The second kappa shape index (κ2) is 9.53. The van der Waals surface area contributed by atoms with Crippen LogP contribution >= 0.6 is 0 Å². The molecule has 0 saturated carbocycles. The molecule has 11 heteroatoms. The molecular formula is C16H28N2O9. The maximum Gasteiger partial charge on any atom is 0.323 e. The normalized spacial score (nSPS) is 31.6. The Bertz CT molecular complexity index is 556. The smallest absolute Gasteiger partial charge is 0.323 e. The quantitative estimate of drug-likeness (QED) is 0.218. The molecule has 1 amide bonds. The first-order valence-electron chi connectivity index (χ1n) is 8.53. The molecule has 1 aliphatic rings. The molecule has 0 aromatic heterocycles. The monoisotopic (exact) mass is 392 g/mol. The lowest BCUT2D eigenvalue weighted by atomic mass is 9.81. The molecule has 11 nitrogen and oxygen atoms in total. The van der Waals surface area contributed by atoms with Crippen LogP contribution in [0.25, 0.3) is 0 Å². The number of hydrogen-bond acceptors (Lipinski definition) is 10. The molecule has 0 bridgehead atoms. The number of nitrogens with two attached hydrogens (primary N) is 2. The Morgan fingerprint density at radius 3 is 2.41 bits per heavy atom. The Labute approximate surface area is 156 Å². The maximum atomic E-state index is 11.6. The Morgan fingerprint density at radius 1 is 1.33 bits per heavy atom. The topological polar surface area (TPSA) is 203 Å². The van der Waals surface area contributed by atoms with E-state index in [-0.39, 0.29) is 6.42 Å². The summed E-state index contributed by atoms with van der Waals surface area (Å²) in [4.78, 5) is 34.0. The summed E-state index contributed by atoms with van der Waals surface area (Å²) in [6, 6.07) is -1.27. The van der Waals surface area contributed by atoms with E-state index in [9.17, 15) is 34.8 Å². The van der Waals surface area contributed by atoms with Crippen molar-refractivity contribution in [2.24, 2.45) is 17.4 Å². The number of esters is 1. The minimum atomic E-state index is -2.24. The summed E-state index contributed by atoms with van der Waals surface area (Å²) >= 11 is 0. The molecule has 0 spiro atoms. The molecule has 7 atom stereocenters. The average Bonchev–Trinajstić information content (AvgIpc) is 2.50. The molecule has 1 aliphatic heterocycles. The van der Waals surface area contributed by atoms with E-state index in [1.54, 1.807) is 0 Å². The van der Waals surface area contributed by atoms with Crippen LogP contribution in [0.3, 0.4) is 0 Å². The van der Waals surface area contributed by atoms with Crippen molar-refractivity contribution >= 4 is 17.7 Å². The highest BCUT2D eigenvalue weighted by molar-refractivity contribution is 5.84. The predicted octanol–water partition coefficient (Wildman–Crippen LogP) is -3.09. The van der Waals surface area contributed by atoms with Gasteiger partial charge in [-0.1, -0.05) is 0 Å². The van der Waals surface area contributed by atoms with Gasteiger partial charge in [0.1, 0.15) is 12.6 Å². The first-order valence-corrected chi connectivity index (χ1v) is 8.53. The fourth-order valence-corrected chi connectivity index (χ4v) is 3.03. The molecule has 1 saturated heterocycles. The summed E-state index contributed by atoms with van der Waals surface area (Å²) in [6.07, 6.45) is -5.78. The molecule has 1 fully saturated rings. The van der Waals surface area contributed by atoms with Gasteiger partial charge in [-0.3, -0.25) is 14.4 Å². The lowest BCUT2D eigenvalue weighted by molar-refractivity contribution is -0.285. The highest BCUT2D eigenvalue weighted by atomic mass is 16.6. The average molecular weight is 392 g/mol. The van der Waals surface area contributed by atoms with E-state index >= 15 is 0 Å². The van der Waals surface area contributed by atoms with E-state index in [1.165, 1.54) is 6.92 Å². The van der Waals surface area contributed by atoms with Crippen molar-refractivity contribution in [1.82, 2.24) is 0 Å². The largest absolute Gasteiger partial charge is 0.462 e. The number of Topliss-reactive ketones (excluding diaryl/α,β-unsaturated/α-hetero) is 1. The third-order valence-electron chi connectivity index (χ3n) is 4.46. The lowest BCUT2D eigenvalue weighted by Gasteiger charge is -2.44. The summed E-state index contributed by atoms with van der Waals surface area (Å²) in [6.45, 7) is 1.98. The SMILES string of the molecule is CC(=O)C1(O)CC(O)C(C(C)O)C(C[C@H](O)COC(=O)[C@H](N)CC(N)=O)O1. The lowest BCUT2D eigenvalue weighted by Crippen LogP contribution is -2.58. The van der Waals surface area contributed by atoms with Crippen LogP contribution in [-0.2, 0) is 23.9 Å². The minimum absolute atomic E-state index is 0.249. The van der Waals surface area contributed by atoms with E-state index in [0.29, 0.717) is 0 Å². The fourth-order valence-electron chi connectivity index (χ4n) is 3.03. The second-order valence-corrected chi connectivity index (χ2v) is 6.88. The molecular weight excluding hydrogens is 364 g/mol. The zero-order valence-corrected chi connectivity index (χ0v) is 15.3. The number of rotatable bonds is 9. The Morgan fingerprint density at radius 2 is 1.93 bits per heavy atom. The van der Waals surface area contributed by atoms with Crippen LogP contribution in [0.15, 0.2) is 0 Å². The highest BCUT2D eigenvalue weighted by Crippen LogP contribution is 2.36. The Hall–Kier alpha value is -1.63. The summed E-state index contributed by atoms with van der Waals surface area (Å²) in [7, 11) is 0. The molecule has 0 radical (unpaired) electrons. The molecule has 5 unspecified atom stereocenters. The van der Waals surface area contributed by atoms with Gasteiger partial charge in [0.05, 0.1) is 30.8 Å². The van der Waals surface area contributed by atoms with E-state index in [4.69, 9.17) is 20.9 Å². The highest BCUT2D eigenvalue weighted by Gasteiger charge is 2.50. The summed E-state index contributed by atoms with van der Waals surface area (Å²) in [5.41, 5.74) is 10.3. The van der Waals surface area contributed by atoms with Gasteiger partial charge in [0.25, 0.3) is 0 Å². The summed E-state index contributed by atoms with van der Waals surface area (Å²) < 4.78 is 10.2. The number of amides is 1. The number of ether oxygens (including phenoxy) is 2. The van der Waals surface area contributed by atoms with E-state index in [2.05, 4.69) is 0 Å². The Kier molecular flexibility index (Phi) is 8.26. The van der Waals surface area contributed by atoms with Gasteiger partial charge in [-0.05, 0) is 6.92 Å². The summed E-state index contributed by atoms with van der Waals surface area (Å²) in [5, 5.41) is 40.4. The zero-order chi connectivity index (χ0) is 20.9.